The van der Waals surface area contributed by atoms with Gasteiger partial charge < -0.3 is 19.6 Å². The highest BCUT2D eigenvalue weighted by molar-refractivity contribution is 5.16. The predicted octanol–water partition coefficient (Wildman–Crippen LogP) is 0.668. The quantitative estimate of drug-likeness (QED) is 0.752. The Bertz CT molecular complexity index is 533. The minimum absolute atomic E-state index is 0.420. The summed E-state index contributed by atoms with van der Waals surface area (Å²) < 4.78 is 10.4. The molecule has 0 aliphatic heterocycles. The van der Waals surface area contributed by atoms with Crippen molar-refractivity contribution in [3.8, 4) is 0 Å². The van der Waals surface area contributed by atoms with Gasteiger partial charge in [-0.2, -0.15) is 4.98 Å². The molecule has 2 aromatic heterocycles. The predicted molar refractivity (Wildman–Crippen MR) is 65.4 cm³/mol. The zero-order chi connectivity index (χ0) is 13.1. The van der Waals surface area contributed by atoms with E-state index in [1.54, 1.807) is 6.92 Å². The Balaban J connectivity index is 1.41. The summed E-state index contributed by atoms with van der Waals surface area (Å²) in [5.74, 6) is 1.84. The molecule has 0 saturated heterocycles. The lowest BCUT2D eigenvalue weighted by Gasteiger charge is -1.98. The van der Waals surface area contributed by atoms with Crippen molar-refractivity contribution < 1.29 is 8.94 Å². The fourth-order valence-corrected chi connectivity index (χ4v) is 1.63. The van der Waals surface area contributed by atoms with Crippen LogP contribution in [0.1, 0.15) is 30.4 Å². The molecule has 0 amide bonds. The summed E-state index contributed by atoms with van der Waals surface area (Å²) >= 11 is 0. The summed E-state index contributed by atoms with van der Waals surface area (Å²) in [5.41, 5.74) is 0. The smallest absolute Gasteiger partial charge is 0.315 e. The van der Waals surface area contributed by atoms with E-state index in [0.29, 0.717) is 49.2 Å². The zero-order valence-corrected chi connectivity index (χ0v) is 10.7. The Morgan fingerprint density at radius 1 is 1.26 bits per heavy atom. The van der Waals surface area contributed by atoms with Crippen molar-refractivity contribution >= 4 is 6.01 Å². The number of nitrogens with one attached hydrogen (secondary N) is 2. The van der Waals surface area contributed by atoms with Crippen LogP contribution in [0.15, 0.2) is 8.94 Å². The summed E-state index contributed by atoms with van der Waals surface area (Å²) in [5, 5.41) is 17.9. The molecule has 0 aromatic carbocycles. The van der Waals surface area contributed by atoms with Crippen molar-refractivity contribution in [2.75, 3.05) is 11.9 Å². The molecule has 1 fully saturated rings. The van der Waals surface area contributed by atoms with Gasteiger partial charge in [-0.3, -0.25) is 0 Å². The van der Waals surface area contributed by atoms with Crippen LogP contribution in [0.3, 0.4) is 0 Å². The van der Waals surface area contributed by atoms with Crippen molar-refractivity contribution in [1.29, 1.82) is 0 Å². The van der Waals surface area contributed by atoms with Gasteiger partial charge in [-0.25, -0.2) is 0 Å². The average molecular weight is 264 g/mol. The topological polar surface area (TPSA) is 102 Å². The third-order valence-corrected chi connectivity index (χ3v) is 2.77. The standard InChI is InChI=1S/C11H16N6O2/c1-7-14-9(19-17-7)4-5-12-11-16-15-10(18-11)6-13-8-2-3-8/h8,13H,2-6H2,1H3,(H,12,16). The molecule has 1 aliphatic rings. The minimum atomic E-state index is 0.420. The number of rotatable bonds is 7. The van der Waals surface area contributed by atoms with Crippen molar-refractivity contribution in [2.45, 2.75) is 38.8 Å². The molecule has 2 aromatic rings. The highest BCUT2D eigenvalue weighted by atomic mass is 16.5. The summed E-state index contributed by atoms with van der Waals surface area (Å²) in [6.07, 6.45) is 3.10. The lowest BCUT2D eigenvalue weighted by molar-refractivity contribution is 0.376. The van der Waals surface area contributed by atoms with Crippen LogP contribution < -0.4 is 10.6 Å². The van der Waals surface area contributed by atoms with Crippen molar-refractivity contribution in [3.63, 3.8) is 0 Å². The molecule has 3 rings (SSSR count). The van der Waals surface area contributed by atoms with E-state index >= 15 is 0 Å². The van der Waals surface area contributed by atoms with Crippen LogP contribution in [-0.2, 0) is 13.0 Å². The molecule has 1 saturated carbocycles. The fourth-order valence-electron chi connectivity index (χ4n) is 1.63. The second-order valence-corrected chi connectivity index (χ2v) is 4.57. The minimum Gasteiger partial charge on any atom is -0.407 e. The SMILES string of the molecule is Cc1noc(CCNc2nnc(CNC3CC3)o2)n1. The number of hydrogen-bond donors (Lipinski definition) is 2. The van der Waals surface area contributed by atoms with Crippen LogP contribution >= 0.6 is 0 Å². The van der Waals surface area contributed by atoms with Gasteiger partial charge in [-0.15, -0.1) is 5.10 Å². The molecular formula is C11H16N6O2. The number of aromatic nitrogens is 4. The van der Waals surface area contributed by atoms with E-state index in [0.717, 1.165) is 0 Å². The first kappa shape index (κ1) is 12.1. The fraction of sp³-hybridized carbons (Fsp3) is 0.636. The van der Waals surface area contributed by atoms with Crippen molar-refractivity contribution in [1.82, 2.24) is 25.7 Å². The first-order chi connectivity index (χ1) is 9.29. The Morgan fingerprint density at radius 3 is 2.89 bits per heavy atom. The maximum atomic E-state index is 5.44. The Labute approximate surface area is 110 Å². The molecule has 8 nitrogen and oxygen atoms in total. The second kappa shape index (κ2) is 5.35. The van der Waals surface area contributed by atoms with Gasteiger partial charge in [-0.1, -0.05) is 10.3 Å². The number of aryl methyl sites for hydroxylation is 1. The third kappa shape index (κ3) is 3.50. The molecule has 0 unspecified atom stereocenters. The average Bonchev–Trinajstić information content (AvgIpc) is 2.97. The van der Waals surface area contributed by atoms with Crippen LogP contribution in [0.25, 0.3) is 0 Å². The molecule has 2 N–H and O–H groups in total. The lowest BCUT2D eigenvalue weighted by Crippen LogP contribution is -2.15. The monoisotopic (exact) mass is 264 g/mol. The molecule has 0 radical (unpaired) electrons. The van der Waals surface area contributed by atoms with Crippen molar-refractivity contribution in [3.05, 3.63) is 17.6 Å². The molecule has 102 valence electrons. The van der Waals surface area contributed by atoms with E-state index in [2.05, 4.69) is 31.0 Å². The van der Waals surface area contributed by atoms with E-state index in [1.165, 1.54) is 12.8 Å². The molecule has 0 spiro atoms. The van der Waals surface area contributed by atoms with E-state index < -0.39 is 0 Å². The zero-order valence-electron chi connectivity index (χ0n) is 10.7. The summed E-state index contributed by atoms with van der Waals surface area (Å²) in [6, 6.07) is 1.05. The Kier molecular flexibility index (Phi) is 3.41. The van der Waals surface area contributed by atoms with E-state index in [1.807, 2.05) is 0 Å². The summed E-state index contributed by atoms with van der Waals surface area (Å²) in [4.78, 5) is 4.11. The lowest BCUT2D eigenvalue weighted by atomic mass is 10.4. The second-order valence-electron chi connectivity index (χ2n) is 4.57. The molecule has 2 heterocycles. The largest absolute Gasteiger partial charge is 0.407 e. The van der Waals surface area contributed by atoms with E-state index in [-0.39, 0.29) is 0 Å². The molecule has 0 bridgehead atoms. The highest BCUT2D eigenvalue weighted by Gasteiger charge is 2.21. The van der Waals surface area contributed by atoms with Crippen LogP contribution in [0, 0.1) is 6.92 Å². The maximum Gasteiger partial charge on any atom is 0.315 e. The van der Waals surface area contributed by atoms with Gasteiger partial charge in [0.2, 0.25) is 11.8 Å². The van der Waals surface area contributed by atoms with Crippen molar-refractivity contribution in [2.24, 2.45) is 0 Å². The maximum absolute atomic E-state index is 5.44. The van der Waals surface area contributed by atoms with Gasteiger partial charge in [-0.05, 0) is 19.8 Å². The van der Waals surface area contributed by atoms with E-state index in [4.69, 9.17) is 8.94 Å². The van der Waals surface area contributed by atoms with Gasteiger partial charge in [0.25, 0.3) is 0 Å². The summed E-state index contributed by atoms with van der Waals surface area (Å²) in [7, 11) is 0. The number of anilines is 1. The third-order valence-electron chi connectivity index (χ3n) is 2.77. The van der Waals surface area contributed by atoms with E-state index in [9.17, 15) is 0 Å². The molecule has 1 aliphatic carbocycles. The first-order valence-electron chi connectivity index (χ1n) is 6.38. The molecule has 8 heteroatoms. The van der Waals surface area contributed by atoms with Crippen LogP contribution in [0.2, 0.25) is 0 Å². The van der Waals surface area contributed by atoms with Gasteiger partial charge in [0.05, 0.1) is 6.54 Å². The molecule has 19 heavy (non-hydrogen) atoms. The van der Waals surface area contributed by atoms with Crippen LogP contribution in [-0.4, -0.2) is 32.9 Å². The molecule has 0 atom stereocenters. The normalized spacial score (nSPS) is 14.8. The van der Waals surface area contributed by atoms with Gasteiger partial charge in [0, 0.05) is 19.0 Å². The number of hydrogen-bond acceptors (Lipinski definition) is 8. The molecular weight excluding hydrogens is 248 g/mol. The highest BCUT2D eigenvalue weighted by Crippen LogP contribution is 2.19. The van der Waals surface area contributed by atoms with Crippen LogP contribution in [0.4, 0.5) is 6.01 Å². The van der Waals surface area contributed by atoms with Gasteiger partial charge in [0.15, 0.2) is 5.82 Å². The number of nitrogens with zero attached hydrogens (tertiary/aromatic N) is 4. The van der Waals surface area contributed by atoms with Gasteiger partial charge in [0.1, 0.15) is 0 Å². The Morgan fingerprint density at radius 2 is 2.16 bits per heavy atom. The first-order valence-corrected chi connectivity index (χ1v) is 6.38. The van der Waals surface area contributed by atoms with Crippen LogP contribution in [0.5, 0.6) is 0 Å². The summed E-state index contributed by atoms with van der Waals surface area (Å²) in [6.45, 7) is 3.03. The Hall–Kier alpha value is -1.96. The van der Waals surface area contributed by atoms with Gasteiger partial charge >= 0.3 is 6.01 Å².